The number of carbonyl (C=O) groups excluding carboxylic acids is 2. The molecule has 1 aliphatic heterocycles. The van der Waals surface area contributed by atoms with Crippen molar-refractivity contribution in [2.75, 3.05) is 11.4 Å². The Bertz CT molecular complexity index is 860. The number of ether oxygens (including phenoxy) is 1. The van der Waals surface area contributed by atoms with E-state index in [0.29, 0.717) is 23.0 Å². The first-order valence-electron chi connectivity index (χ1n) is 10.2. The number of hydrogen-bond donors (Lipinski definition) is 1. The maximum absolute atomic E-state index is 13.2. The van der Waals surface area contributed by atoms with Gasteiger partial charge in [0.15, 0.2) is 6.10 Å². The summed E-state index contributed by atoms with van der Waals surface area (Å²) in [5.74, 6) is 0.623. The highest BCUT2D eigenvalue weighted by Gasteiger charge is 2.35. The summed E-state index contributed by atoms with van der Waals surface area (Å²) < 4.78 is 5.93. The molecule has 29 heavy (non-hydrogen) atoms. The minimum Gasteiger partial charge on any atom is -0.477 e. The second kappa shape index (κ2) is 9.39. The molecule has 3 rings (SSSR count). The van der Waals surface area contributed by atoms with Crippen molar-refractivity contribution in [3.8, 4) is 5.75 Å². The summed E-state index contributed by atoms with van der Waals surface area (Å²) in [7, 11) is 0. The summed E-state index contributed by atoms with van der Waals surface area (Å²) in [5.41, 5.74) is 1.09. The smallest absolute Gasteiger partial charge is 0.278 e. The molecule has 7 heteroatoms. The molecular weight excluding hydrogens is 386 g/mol. The van der Waals surface area contributed by atoms with E-state index in [1.807, 2.05) is 32.0 Å². The first-order valence-corrected chi connectivity index (χ1v) is 11.1. The molecule has 0 saturated carbocycles. The number of fused-ring (bicyclic) bond motifs is 1. The number of hydrogen-bond acceptors (Lipinski definition) is 5. The Kier molecular flexibility index (Phi) is 6.90. The second-order valence-corrected chi connectivity index (χ2v) is 8.68. The standard InChI is InChI=1S/C22H29N3O3S/c1-5-15(6-2)23-21(26)19-12-25(17-9-7-8-10-18(17)28-19)22(27)16-13-29-20(24-16)11-14(3)4/h7-10,13-15,19H,5-6,11-12H2,1-4H3,(H,23,26). The first kappa shape index (κ1) is 21.3. The minimum absolute atomic E-state index is 0.101. The van der Waals surface area contributed by atoms with Crippen LogP contribution in [0, 0.1) is 5.92 Å². The second-order valence-electron chi connectivity index (χ2n) is 7.74. The Labute approximate surface area is 176 Å². The van der Waals surface area contributed by atoms with Gasteiger partial charge in [0.25, 0.3) is 11.8 Å². The molecule has 0 spiro atoms. The van der Waals surface area contributed by atoms with Crippen molar-refractivity contribution in [3.05, 3.63) is 40.3 Å². The van der Waals surface area contributed by atoms with Gasteiger partial charge in [0, 0.05) is 17.8 Å². The van der Waals surface area contributed by atoms with Gasteiger partial charge in [-0.15, -0.1) is 11.3 Å². The van der Waals surface area contributed by atoms with E-state index in [1.165, 1.54) is 11.3 Å². The highest BCUT2D eigenvalue weighted by Crippen LogP contribution is 2.34. The van der Waals surface area contributed by atoms with E-state index in [9.17, 15) is 9.59 Å². The lowest BCUT2D eigenvalue weighted by Gasteiger charge is -2.34. The molecule has 0 saturated heterocycles. The molecule has 1 N–H and O–H groups in total. The molecule has 0 fully saturated rings. The van der Waals surface area contributed by atoms with Crippen LogP contribution in [0.4, 0.5) is 5.69 Å². The third kappa shape index (κ3) is 4.96. The first-order chi connectivity index (χ1) is 13.9. The van der Waals surface area contributed by atoms with Crippen LogP contribution in [0.5, 0.6) is 5.75 Å². The van der Waals surface area contributed by atoms with Gasteiger partial charge in [0.2, 0.25) is 0 Å². The number of thiazole rings is 1. The van der Waals surface area contributed by atoms with Crippen LogP contribution in [0.15, 0.2) is 29.6 Å². The van der Waals surface area contributed by atoms with Crippen molar-refractivity contribution >= 4 is 28.8 Å². The Morgan fingerprint density at radius 2 is 2.00 bits per heavy atom. The third-order valence-corrected chi connectivity index (χ3v) is 5.87. The monoisotopic (exact) mass is 415 g/mol. The summed E-state index contributed by atoms with van der Waals surface area (Å²) in [4.78, 5) is 32.2. The number of nitrogens with one attached hydrogen (secondary N) is 1. The molecule has 1 aromatic heterocycles. The van der Waals surface area contributed by atoms with Crippen molar-refractivity contribution < 1.29 is 14.3 Å². The molecule has 6 nitrogen and oxygen atoms in total. The predicted octanol–water partition coefficient (Wildman–Crippen LogP) is 4.05. The quantitative estimate of drug-likeness (QED) is 0.740. The zero-order valence-corrected chi connectivity index (χ0v) is 18.3. The fourth-order valence-electron chi connectivity index (χ4n) is 3.34. The van der Waals surface area contributed by atoms with E-state index in [-0.39, 0.29) is 24.4 Å². The molecule has 1 aromatic carbocycles. The van der Waals surface area contributed by atoms with Crippen LogP contribution < -0.4 is 15.0 Å². The van der Waals surface area contributed by atoms with Gasteiger partial charge in [0.05, 0.1) is 17.2 Å². The summed E-state index contributed by atoms with van der Waals surface area (Å²) in [6, 6.07) is 7.43. The van der Waals surface area contributed by atoms with Gasteiger partial charge < -0.3 is 10.1 Å². The number of amides is 2. The molecule has 0 bridgehead atoms. The molecule has 1 atom stereocenters. The molecule has 0 aliphatic carbocycles. The molecule has 2 aromatic rings. The van der Waals surface area contributed by atoms with Gasteiger partial charge >= 0.3 is 0 Å². The molecule has 1 aliphatic rings. The zero-order chi connectivity index (χ0) is 21.0. The fraction of sp³-hybridized carbons (Fsp3) is 0.500. The minimum atomic E-state index is -0.747. The highest BCUT2D eigenvalue weighted by molar-refractivity contribution is 7.09. The maximum Gasteiger partial charge on any atom is 0.278 e. The summed E-state index contributed by atoms with van der Waals surface area (Å²) in [5, 5.41) is 5.78. The van der Waals surface area contributed by atoms with E-state index in [2.05, 4.69) is 24.1 Å². The molecule has 0 radical (unpaired) electrons. The van der Waals surface area contributed by atoms with Crippen molar-refractivity contribution in [2.24, 2.45) is 5.92 Å². The molecule has 1 unspecified atom stereocenters. The number of nitrogens with zero attached hydrogens (tertiary/aromatic N) is 2. The van der Waals surface area contributed by atoms with Crippen LogP contribution >= 0.6 is 11.3 Å². The van der Waals surface area contributed by atoms with E-state index in [1.54, 1.807) is 16.3 Å². The van der Waals surface area contributed by atoms with Gasteiger partial charge in [0.1, 0.15) is 11.4 Å². The number of aromatic nitrogens is 1. The lowest BCUT2D eigenvalue weighted by atomic mass is 10.1. The van der Waals surface area contributed by atoms with Crippen LogP contribution in [0.3, 0.4) is 0 Å². The summed E-state index contributed by atoms with van der Waals surface area (Å²) in [6.07, 6.45) is 1.80. The van der Waals surface area contributed by atoms with Crippen molar-refractivity contribution in [1.82, 2.24) is 10.3 Å². The lowest BCUT2D eigenvalue weighted by Crippen LogP contribution is -2.52. The van der Waals surface area contributed by atoms with Gasteiger partial charge in [-0.05, 0) is 30.9 Å². The van der Waals surface area contributed by atoms with Crippen molar-refractivity contribution in [1.29, 1.82) is 0 Å². The average Bonchev–Trinajstić information content (AvgIpc) is 3.18. The number of anilines is 1. The van der Waals surface area contributed by atoms with Crippen molar-refractivity contribution in [2.45, 2.75) is 59.1 Å². The predicted molar refractivity (Wildman–Crippen MR) is 116 cm³/mol. The normalized spacial score (nSPS) is 15.9. The molecule has 2 amide bonds. The lowest BCUT2D eigenvalue weighted by molar-refractivity contribution is -0.128. The molecule has 2 heterocycles. The van der Waals surface area contributed by atoms with E-state index in [0.717, 1.165) is 24.3 Å². The number of para-hydroxylation sites is 2. The SMILES string of the molecule is CCC(CC)NC(=O)C1CN(C(=O)c2csc(CC(C)C)n2)c2ccccc2O1. The average molecular weight is 416 g/mol. The van der Waals surface area contributed by atoms with Gasteiger partial charge in [-0.2, -0.15) is 0 Å². The van der Waals surface area contributed by atoms with Gasteiger partial charge in [-0.25, -0.2) is 4.98 Å². The highest BCUT2D eigenvalue weighted by atomic mass is 32.1. The third-order valence-electron chi connectivity index (χ3n) is 5.00. The summed E-state index contributed by atoms with van der Waals surface area (Å²) >= 11 is 1.50. The van der Waals surface area contributed by atoms with Crippen molar-refractivity contribution in [3.63, 3.8) is 0 Å². The number of benzene rings is 1. The van der Waals surface area contributed by atoms with Crippen LogP contribution in [-0.2, 0) is 11.2 Å². The van der Waals surface area contributed by atoms with Crippen LogP contribution in [-0.4, -0.2) is 35.5 Å². The van der Waals surface area contributed by atoms with Gasteiger partial charge in [-0.1, -0.05) is 39.8 Å². The molecular formula is C22H29N3O3S. The Hall–Kier alpha value is -2.41. The van der Waals surface area contributed by atoms with Crippen LogP contribution in [0.2, 0.25) is 0 Å². The largest absolute Gasteiger partial charge is 0.477 e. The van der Waals surface area contributed by atoms with E-state index in [4.69, 9.17) is 4.74 Å². The topological polar surface area (TPSA) is 71.5 Å². The Morgan fingerprint density at radius 1 is 1.28 bits per heavy atom. The number of carbonyl (C=O) groups is 2. The molecule has 156 valence electrons. The Morgan fingerprint density at radius 3 is 2.69 bits per heavy atom. The van der Waals surface area contributed by atoms with E-state index >= 15 is 0 Å². The zero-order valence-electron chi connectivity index (χ0n) is 17.5. The fourth-order valence-corrected chi connectivity index (χ4v) is 4.32. The maximum atomic E-state index is 13.2. The Balaban J connectivity index is 1.83. The number of rotatable bonds is 7. The van der Waals surface area contributed by atoms with Crippen LogP contribution in [0.1, 0.15) is 56.0 Å². The van der Waals surface area contributed by atoms with E-state index < -0.39 is 6.10 Å². The summed E-state index contributed by atoms with van der Waals surface area (Å²) in [6.45, 7) is 8.50. The van der Waals surface area contributed by atoms with Crippen LogP contribution in [0.25, 0.3) is 0 Å². The van der Waals surface area contributed by atoms with Gasteiger partial charge in [-0.3, -0.25) is 14.5 Å².